The topological polar surface area (TPSA) is 42.0 Å². The van der Waals surface area contributed by atoms with Gasteiger partial charge in [0.2, 0.25) is 5.91 Å². The van der Waals surface area contributed by atoms with Gasteiger partial charge in [-0.25, -0.2) is 4.98 Å². The molecule has 0 radical (unpaired) electrons. The van der Waals surface area contributed by atoms with Gasteiger partial charge in [0.25, 0.3) is 0 Å². The van der Waals surface area contributed by atoms with Gasteiger partial charge in [-0.2, -0.15) is 11.8 Å². The fourth-order valence-corrected chi connectivity index (χ4v) is 1.59. The van der Waals surface area contributed by atoms with Gasteiger partial charge in [0.1, 0.15) is 5.82 Å². The summed E-state index contributed by atoms with van der Waals surface area (Å²) in [5, 5.41) is 3.22. The Morgan fingerprint density at radius 1 is 1.44 bits per heavy atom. The van der Waals surface area contributed by atoms with E-state index in [1.54, 1.807) is 18.0 Å². The van der Waals surface area contributed by atoms with Gasteiger partial charge in [0.15, 0.2) is 0 Å². The summed E-state index contributed by atoms with van der Waals surface area (Å²) >= 11 is 1.77. The lowest BCUT2D eigenvalue weighted by atomic mass is 10.2. The second kappa shape index (κ2) is 5.89. The van der Waals surface area contributed by atoms with Crippen LogP contribution in [0, 0.1) is 5.92 Å². The molecule has 4 heteroatoms. The van der Waals surface area contributed by atoms with Crippen molar-refractivity contribution in [3.8, 4) is 0 Å². The van der Waals surface area contributed by atoms with E-state index >= 15 is 0 Å². The summed E-state index contributed by atoms with van der Waals surface area (Å²) in [6.07, 6.45) is 3.80. The van der Waals surface area contributed by atoms with E-state index in [0.717, 1.165) is 0 Å². The lowest BCUT2D eigenvalue weighted by Crippen LogP contribution is -2.18. The molecule has 1 heterocycles. The largest absolute Gasteiger partial charge is 0.310 e. The number of nitrogens with one attached hydrogen (secondary N) is 1. The van der Waals surface area contributed by atoms with Crippen LogP contribution in [0.2, 0.25) is 0 Å². The van der Waals surface area contributed by atoms with Crippen molar-refractivity contribution >= 4 is 23.5 Å². The number of rotatable bonds is 4. The first kappa shape index (κ1) is 13.0. The SMILES string of the molecule is CSC(C)c1ccnc(NC(=O)C(C)C)c1. The molecule has 88 valence electrons. The smallest absolute Gasteiger partial charge is 0.228 e. The summed E-state index contributed by atoms with van der Waals surface area (Å²) in [6, 6.07) is 3.91. The van der Waals surface area contributed by atoms with Crippen molar-refractivity contribution in [3.63, 3.8) is 0 Å². The van der Waals surface area contributed by atoms with E-state index in [9.17, 15) is 4.79 Å². The third-order valence-electron chi connectivity index (χ3n) is 2.38. The highest BCUT2D eigenvalue weighted by atomic mass is 32.2. The number of anilines is 1. The second-order valence-electron chi connectivity index (χ2n) is 4.00. The van der Waals surface area contributed by atoms with Gasteiger partial charge in [-0.3, -0.25) is 4.79 Å². The maximum atomic E-state index is 11.5. The Balaban J connectivity index is 2.78. The van der Waals surface area contributed by atoms with E-state index in [-0.39, 0.29) is 11.8 Å². The molecule has 16 heavy (non-hydrogen) atoms. The number of carbonyl (C=O) groups excluding carboxylic acids is 1. The van der Waals surface area contributed by atoms with E-state index < -0.39 is 0 Å². The summed E-state index contributed by atoms with van der Waals surface area (Å²) in [4.78, 5) is 15.6. The number of aromatic nitrogens is 1. The van der Waals surface area contributed by atoms with Crippen LogP contribution in [0.15, 0.2) is 18.3 Å². The highest BCUT2D eigenvalue weighted by molar-refractivity contribution is 7.98. The molecule has 0 saturated heterocycles. The van der Waals surface area contributed by atoms with Crippen LogP contribution in [-0.4, -0.2) is 17.1 Å². The van der Waals surface area contributed by atoms with Gasteiger partial charge in [-0.1, -0.05) is 13.8 Å². The highest BCUT2D eigenvalue weighted by Gasteiger charge is 2.09. The molecule has 0 aliphatic heterocycles. The zero-order valence-electron chi connectivity index (χ0n) is 10.2. The summed E-state index contributed by atoms with van der Waals surface area (Å²) in [7, 11) is 0. The first-order valence-electron chi connectivity index (χ1n) is 5.34. The quantitative estimate of drug-likeness (QED) is 0.876. The number of carbonyl (C=O) groups is 1. The maximum absolute atomic E-state index is 11.5. The Morgan fingerprint density at radius 2 is 2.12 bits per heavy atom. The van der Waals surface area contributed by atoms with Crippen LogP contribution in [0.25, 0.3) is 0 Å². The standard InChI is InChI=1S/C12H18N2OS/c1-8(2)12(15)14-11-7-10(5-6-13-11)9(3)16-4/h5-9H,1-4H3,(H,13,14,15). The van der Waals surface area contributed by atoms with Gasteiger partial charge < -0.3 is 5.32 Å². The van der Waals surface area contributed by atoms with Crippen molar-refractivity contribution in [1.29, 1.82) is 0 Å². The third kappa shape index (κ3) is 3.52. The number of pyridine rings is 1. The van der Waals surface area contributed by atoms with Crippen molar-refractivity contribution < 1.29 is 4.79 Å². The predicted octanol–water partition coefficient (Wildman–Crippen LogP) is 3.10. The summed E-state index contributed by atoms with van der Waals surface area (Å²) < 4.78 is 0. The molecular weight excluding hydrogens is 220 g/mol. The van der Waals surface area contributed by atoms with Gasteiger partial charge in [0.05, 0.1) is 0 Å². The first-order chi connectivity index (χ1) is 7.54. The second-order valence-corrected chi connectivity index (χ2v) is 5.17. The zero-order chi connectivity index (χ0) is 12.1. The molecule has 1 unspecified atom stereocenters. The van der Waals surface area contributed by atoms with Gasteiger partial charge >= 0.3 is 0 Å². The normalized spacial score (nSPS) is 12.6. The van der Waals surface area contributed by atoms with Crippen LogP contribution in [0.3, 0.4) is 0 Å². The molecule has 0 aliphatic rings. The van der Waals surface area contributed by atoms with Crippen molar-refractivity contribution in [1.82, 2.24) is 4.98 Å². The van der Waals surface area contributed by atoms with Crippen LogP contribution in [0.1, 0.15) is 31.6 Å². The van der Waals surface area contributed by atoms with E-state index in [1.807, 2.05) is 26.0 Å². The molecule has 1 aromatic rings. The summed E-state index contributed by atoms with van der Waals surface area (Å²) in [6.45, 7) is 5.86. The van der Waals surface area contributed by atoms with Gasteiger partial charge in [-0.15, -0.1) is 0 Å². The molecule has 0 saturated carbocycles. The monoisotopic (exact) mass is 238 g/mol. The van der Waals surface area contributed by atoms with Crippen molar-refractivity contribution in [2.45, 2.75) is 26.0 Å². The van der Waals surface area contributed by atoms with Crippen molar-refractivity contribution in [3.05, 3.63) is 23.9 Å². The Bertz CT molecular complexity index is 366. The van der Waals surface area contributed by atoms with Crippen LogP contribution in [0.4, 0.5) is 5.82 Å². The van der Waals surface area contributed by atoms with Crippen molar-refractivity contribution in [2.24, 2.45) is 5.92 Å². The molecule has 1 amide bonds. The average Bonchev–Trinajstić information content (AvgIpc) is 2.28. The molecule has 0 aromatic carbocycles. The van der Waals surface area contributed by atoms with Crippen LogP contribution in [-0.2, 0) is 4.79 Å². The minimum atomic E-state index is -0.0246. The molecule has 0 spiro atoms. The molecule has 3 nitrogen and oxygen atoms in total. The first-order valence-corrected chi connectivity index (χ1v) is 6.63. The number of hydrogen-bond donors (Lipinski definition) is 1. The van der Waals surface area contributed by atoms with Crippen molar-refractivity contribution in [2.75, 3.05) is 11.6 Å². The minimum Gasteiger partial charge on any atom is -0.310 e. The lowest BCUT2D eigenvalue weighted by molar-refractivity contribution is -0.118. The Kier molecular flexibility index (Phi) is 4.80. The molecule has 1 atom stereocenters. The third-order valence-corrected chi connectivity index (χ3v) is 3.36. The number of nitrogens with zero attached hydrogens (tertiary/aromatic N) is 1. The predicted molar refractivity (Wildman–Crippen MR) is 69.6 cm³/mol. The lowest BCUT2D eigenvalue weighted by Gasteiger charge is -2.11. The van der Waals surface area contributed by atoms with E-state index in [1.165, 1.54) is 5.56 Å². The van der Waals surface area contributed by atoms with Crippen LogP contribution >= 0.6 is 11.8 Å². The van der Waals surface area contributed by atoms with E-state index in [4.69, 9.17) is 0 Å². The molecule has 0 fully saturated rings. The van der Waals surface area contributed by atoms with E-state index in [2.05, 4.69) is 23.5 Å². The fourth-order valence-electron chi connectivity index (χ4n) is 1.17. The molecule has 1 rings (SSSR count). The zero-order valence-corrected chi connectivity index (χ0v) is 11.0. The Morgan fingerprint density at radius 3 is 2.69 bits per heavy atom. The molecular formula is C12H18N2OS. The number of thioether (sulfide) groups is 1. The summed E-state index contributed by atoms with van der Waals surface area (Å²) in [5.74, 6) is 0.613. The maximum Gasteiger partial charge on any atom is 0.228 e. The van der Waals surface area contributed by atoms with Crippen LogP contribution < -0.4 is 5.32 Å². The Labute approximate surface area is 101 Å². The number of hydrogen-bond acceptors (Lipinski definition) is 3. The van der Waals surface area contributed by atoms with E-state index in [0.29, 0.717) is 11.1 Å². The molecule has 1 N–H and O–H groups in total. The molecule has 0 aliphatic carbocycles. The summed E-state index contributed by atoms with van der Waals surface area (Å²) in [5.41, 5.74) is 1.18. The minimum absolute atomic E-state index is 0.00135. The molecule has 0 bridgehead atoms. The fraction of sp³-hybridized carbons (Fsp3) is 0.500. The number of amides is 1. The Hall–Kier alpha value is -1.03. The molecule has 1 aromatic heterocycles. The average molecular weight is 238 g/mol. The van der Waals surface area contributed by atoms with Gasteiger partial charge in [-0.05, 0) is 30.9 Å². The highest BCUT2D eigenvalue weighted by Crippen LogP contribution is 2.26. The van der Waals surface area contributed by atoms with Crippen LogP contribution in [0.5, 0.6) is 0 Å². The van der Waals surface area contributed by atoms with Gasteiger partial charge in [0, 0.05) is 17.4 Å².